The Balaban J connectivity index is 1.44. The van der Waals surface area contributed by atoms with Crippen LogP contribution in [0.15, 0.2) is 29.2 Å². The van der Waals surface area contributed by atoms with E-state index in [2.05, 4.69) is 0 Å². The van der Waals surface area contributed by atoms with Crippen LogP contribution in [-0.2, 0) is 19.7 Å². The summed E-state index contributed by atoms with van der Waals surface area (Å²) in [7, 11) is -3.67. The first-order valence-corrected chi connectivity index (χ1v) is 9.07. The van der Waals surface area contributed by atoms with Crippen LogP contribution in [0.4, 0.5) is 4.39 Å². The molecule has 0 bridgehead atoms. The van der Waals surface area contributed by atoms with Crippen molar-refractivity contribution in [2.24, 2.45) is 5.92 Å². The van der Waals surface area contributed by atoms with E-state index in [0.29, 0.717) is 12.5 Å². The van der Waals surface area contributed by atoms with Crippen molar-refractivity contribution in [2.45, 2.75) is 29.8 Å². The Morgan fingerprint density at radius 2 is 1.87 bits per heavy atom. The molecule has 1 aromatic carbocycles. The smallest absolute Gasteiger partial charge is 0.249 e. The van der Waals surface area contributed by atoms with Crippen molar-refractivity contribution in [3.8, 4) is 0 Å². The van der Waals surface area contributed by atoms with E-state index in [-0.39, 0.29) is 30.3 Å². The third-order valence-electron chi connectivity index (χ3n) is 4.56. The number of sulfonamides is 1. The lowest BCUT2D eigenvalue weighted by atomic mass is 9.94. The van der Waals surface area contributed by atoms with E-state index in [1.54, 1.807) is 0 Å². The van der Waals surface area contributed by atoms with Gasteiger partial charge in [0.25, 0.3) is 0 Å². The number of benzene rings is 1. The maximum Gasteiger partial charge on any atom is 0.249 e. The van der Waals surface area contributed by atoms with Crippen LogP contribution in [0, 0.1) is 11.7 Å². The van der Waals surface area contributed by atoms with Gasteiger partial charge >= 0.3 is 0 Å². The molecule has 6 nitrogen and oxygen atoms in total. The molecule has 0 N–H and O–H groups in total. The largest absolute Gasteiger partial charge is 0.272 e. The molecule has 0 unspecified atom stereocenters. The minimum Gasteiger partial charge on any atom is -0.272 e. The average Bonchev–Trinajstić information content (AvgIpc) is 3.21. The van der Waals surface area contributed by atoms with Gasteiger partial charge in [-0.1, -0.05) is 0 Å². The van der Waals surface area contributed by atoms with Gasteiger partial charge in [0.15, 0.2) is 0 Å². The van der Waals surface area contributed by atoms with Crippen molar-refractivity contribution < 1.29 is 22.4 Å². The van der Waals surface area contributed by atoms with Crippen LogP contribution in [0.1, 0.15) is 19.3 Å². The van der Waals surface area contributed by atoms with Gasteiger partial charge in [-0.25, -0.2) is 17.9 Å². The van der Waals surface area contributed by atoms with Gasteiger partial charge in [0.05, 0.1) is 17.9 Å². The molecule has 1 aromatic rings. The molecule has 3 fully saturated rings. The number of nitrogens with zero attached hydrogens (tertiary/aromatic N) is 2. The Kier molecular flexibility index (Phi) is 3.26. The molecule has 1 amide bonds. The van der Waals surface area contributed by atoms with E-state index in [9.17, 15) is 17.6 Å². The Labute approximate surface area is 133 Å². The number of rotatable bonds is 4. The number of carbonyl (C=O) groups is 1. The van der Waals surface area contributed by atoms with Crippen molar-refractivity contribution >= 4 is 15.9 Å². The van der Waals surface area contributed by atoms with Crippen molar-refractivity contribution in [3.63, 3.8) is 0 Å². The molecule has 0 radical (unpaired) electrons. The molecule has 2 aliphatic heterocycles. The number of hydrogen-bond donors (Lipinski definition) is 0. The average molecular weight is 340 g/mol. The minimum absolute atomic E-state index is 0.0490. The number of hydroxylamine groups is 2. The van der Waals surface area contributed by atoms with Crippen LogP contribution in [-0.4, -0.2) is 48.9 Å². The Morgan fingerprint density at radius 3 is 2.48 bits per heavy atom. The van der Waals surface area contributed by atoms with E-state index >= 15 is 0 Å². The third-order valence-corrected chi connectivity index (χ3v) is 6.36. The van der Waals surface area contributed by atoms with Crippen molar-refractivity contribution in [1.82, 2.24) is 9.37 Å². The van der Waals surface area contributed by atoms with Gasteiger partial charge in [0.1, 0.15) is 11.4 Å². The van der Waals surface area contributed by atoms with Gasteiger partial charge in [-0.15, -0.1) is 0 Å². The third kappa shape index (κ3) is 2.64. The van der Waals surface area contributed by atoms with Gasteiger partial charge < -0.3 is 0 Å². The maximum absolute atomic E-state index is 12.9. The number of hydrogen-bond acceptors (Lipinski definition) is 4. The summed E-state index contributed by atoms with van der Waals surface area (Å²) in [4.78, 5) is 17.8. The molecule has 0 aromatic heterocycles. The molecule has 1 spiro atoms. The molecule has 23 heavy (non-hydrogen) atoms. The van der Waals surface area contributed by atoms with E-state index in [0.717, 1.165) is 25.0 Å². The monoisotopic (exact) mass is 340 g/mol. The quantitative estimate of drug-likeness (QED) is 0.824. The van der Waals surface area contributed by atoms with Crippen molar-refractivity contribution in [2.75, 3.05) is 19.6 Å². The Hall–Kier alpha value is -1.51. The van der Waals surface area contributed by atoms with Gasteiger partial charge in [-0.05, 0) is 43.0 Å². The summed E-state index contributed by atoms with van der Waals surface area (Å²) in [5, 5.41) is 1.40. The molecule has 2 heterocycles. The number of carbonyl (C=O) groups excluding carboxylic acids is 1. The lowest BCUT2D eigenvalue weighted by Gasteiger charge is -2.44. The SMILES string of the molecule is O=C1CC2(CN(S(=O)(=O)c3ccc(F)cc3)C2)ON1CC1CC1. The summed E-state index contributed by atoms with van der Waals surface area (Å²) in [6.45, 7) is 0.907. The van der Waals surface area contributed by atoms with E-state index in [1.165, 1.54) is 21.5 Å². The number of halogens is 1. The highest BCUT2D eigenvalue weighted by Gasteiger charge is 2.57. The highest BCUT2D eigenvalue weighted by Crippen LogP contribution is 2.40. The highest BCUT2D eigenvalue weighted by atomic mass is 32.2. The molecule has 0 atom stereocenters. The normalized spacial score (nSPS) is 24.2. The van der Waals surface area contributed by atoms with Crippen LogP contribution >= 0.6 is 0 Å². The zero-order valence-electron chi connectivity index (χ0n) is 12.4. The fourth-order valence-corrected chi connectivity index (χ4v) is 4.63. The van der Waals surface area contributed by atoms with Crippen LogP contribution in [0.2, 0.25) is 0 Å². The maximum atomic E-state index is 12.9. The van der Waals surface area contributed by atoms with E-state index < -0.39 is 21.4 Å². The molecular weight excluding hydrogens is 323 g/mol. The van der Waals surface area contributed by atoms with Gasteiger partial charge in [-0.3, -0.25) is 9.63 Å². The van der Waals surface area contributed by atoms with Crippen LogP contribution < -0.4 is 0 Å². The molecule has 1 saturated carbocycles. The first kappa shape index (κ1) is 15.0. The summed E-state index contributed by atoms with van der Waals surface area (Å²) in [6.07, 6.45) is 2.45. The van der Waals surface area contributed by atoms with Gasteiger partial charge in [-0.2, -0.15) is 4.31 Å². The first-order valence-electron chi connectivity index (χ1n) is 7.63. The number of amides is 1. The standard InChI is InChI=1S/C15H17FN2O4S/c16-12-3-5-13(6-4-12)23(20,21)17-9-15(10-17)7-14(19)18(22-15)8-11-1-2-11/h3-6,11H,1-2,7-10H2. The lowest BCUT2D eigenvalue weighted by molar-refractivity contribution is -0.225. The van der Waals surface area contributed by atoms with Crippen LogP contribution in [0.25, 0.3) is 0 Å². The summed E-state index contributed by atoms with van der Waals surface area (Å²) >= 11 is 0. The van der Waals surface area contributed by atoms with Crippen LogP contribution in [0.3, 0.4) is 0 Å². The van der Waals surface area contributed by atoms with Crippen molar-refractivity contribution in [1.29, 1.82) is 0 Å². The molecule has 124 valence electrons. The minimum atomic E-state index is -3.67. The molecule has 2 saturated heterocycles. The lowest BCUT2D eigenvalue weighted by Crippen LogP contribution is -2.63. The van der Waals surface area contributed by atoms with Crippen molar-refractivity contribution in [3.05, 3.63) is 30.1 Å². The van der Waals surface area contributed by atoms with E-state index in [1.807, 2.05) is 0 Å². The Bertz CT molecular complexity index is 739. The topological polar surface area (TPSA) is 66.9 Å². The highest BCUT2D eigenvalue weighted by molar-refractivity contribution is 7.89. The first-order chi connectivity index (χ1) is 10.9. The predicted molar refractivity (Wildman–Crippen MR) is 78.0 cm³/mol. The zero-order valence-corrected chi connectivity index (χ0v) is 13.3. The molecule has 8 heteroatoms. The second-order valence-electron chi connectivity index (χ2n) is 6.58. The van der Waals surface area contributed by atoms with Crippen LogP contribution in [0.5, 0.6) is 0 Å². The molecule has 1 aliphatic carbocycles. The summed E-state index contributed by atoms with van der Waals surface area (Å²) in [6, 6.07) is 4.73. The fraction of sp³-hybridized carbons (Fsp3) is 0.533. The fourth-order valence-electron chi connectivity index (χ4n) is 3.05. The predicted octanol–water partition coefficient (Wildman–Crippen LogP) is 1.14. The van der Waals surface area contributed by atoms with Gasteiger partial charge in [0, 0.05) is 13.1 Å². The molecule has 3 aliphatic rings. The van der Waals surface area contributed by atoms with Gasteiger partial charge in [0.2, 0.25) is 15.9 Å². The Morgan fingerprint density at radius 1 is 1.22 bits per heavy atom. The zero-order chi connectivity index (χ0) is 16.2. The second kappa shape index (κ2) is 4.99. The van der Waals surface area contributed by atoms with E-state index in [4.69, 9.17) is 4.84 Å². The molecular formula is C15H17FN2O4S. The summed E-state index contributed by atoms with van der Waals surface area (Å²) < 4.78 is 39.1. The molecule has 4 rings (SSSR count). The summed E-state index contributed by atoms with van der Waals surface area (Å²) in [5.41, 5.74) is -0.723. The second-order valence-corrected chi connectivity index (χ2v) is 8.51. The summed E-state index contributed by atoms with van der Waals surface area (Å²) in [5.74, 6) is -0.0339.